The number of hydrogen-bond acceptors (Lipinski definition) is 8. The minimum atomic E-state index is -0.746. The molecule has 7 nitrogen and oxygen atoms in total. The zero-order valence-corrected chi connectivity index (χ0v) is 18.0. The number of carbonyl (C=O) groups is 3. The third-order valence-corrected chi connectivity index (χ3v) is 6.31. The number of methoxy groups -OCH3 is 2. The highest BCUT2D eigenvalue weighted by Gasteiger charge is 2.33. The number of fused-ring (bicyclic) bond motifs is 3. The van der Waals surface area contributed by atoms with Crippen molar-refractivity contribution in [2.24, 2.45) is 0 Å². The second-order valence-corrected chi connectivity index (χ2v) is 7.84. The van der Waals surface area contributed by atoms with Crippen molar-refractivity contribution in [1.82, 2.24) is 4.98 Å². The first-order valence-electron chi connectivity index (χ1n) is 9.29. The Morgan fingerprint density at radius 3 is 2.16 bits per heavy atom. The van der Waals surface area contributed by atoms with Crippen LogP contribution in [0.5, 0.6) is 0 Å². The number of aryl methyl sites for hydroxylation is 1. The van der Waals surface area contributed by atoms with Gasteiger partial charge in [-0.2, -0.15) is 0 Å². The third-order valence-electron chi connectivity index (χ3n) is 5.30. The Bertz CT molecular complexity index is 1350. The Kier molecular flexibility index (Phi) is 5.02. The molecule has 0 atom stereocenters. The van der Waals surface area contributed by atoms with E-state index in [-0.39, 0.29) is 33.7 Å². The van der Waals surface area contributed by atoms with Crippen molar-refractivity contribution in [3.63, 3.8) is 0 Å². The van der Waals surface area contributed by atoms with Crippen LogP contribution in [0.3, 0.4) is 0 Å². The molecule has 0 amide bonds. The lowest BCUT2D eigenvalue weighted by atomic mass is 9.96. The van der Waals surface area contributed by atoms with Gasteiger partial charge in [0.05, 0.1) is 52.7 Å². The van der Waals surface area contributed by atoms with Gasteiger partial charge in [-0.1, -0.05) is 24.3 Å². The molecule has 1 aliphatic carbocycles. The van der Waals surface area contributed by atoms with E-state index in [2.05, 4.69) is 4.98 Å². The fraction of sp³-hybridized carbons (Fsp3) is 0.174. The molecule has 3 aromatic rings. The Morgan fingerprint density at radius 1 is 0.903 bits per heavy atom. The number of carbonyl (C=O) groups excluding carboxylic acids is 3. The first-order valence-corrected chi connectivity index (χ1v) is 10.2. The van der Waals surface area contributed by atoms with Crippen molar-refractivity contribution in [2.45, 2.75) is 13.8 Å². The largest absolute Gasteiger partial charge is 0.465 e. The van der Waals surface area contributed by atoms with E-state index < -0.39 is 17.4 Å². The van der Waals surface area contributed by atoms with Crippen molar-refractivity contribution in [3.05, 3.63) is 73.4 Å². The van der Waals surface area contributed by atoms with Gasteiger partial charge >= 0.3 is 11.9 Å². The van der Waals surface area contributed by atoms with Crippen molar-refractivity contribution in [3.8, 4) is 21.7 Å². The highest BCUT2D eigenvalue weighted by Crippen LogP contribution is 2.39. The molecule has 156 valence electrons. The Hall–Kier alpha value is -3.65. The Balaban J connectivity index is 2.02. The summed E-state index contributed by atoms with van der Waals surface area (Å²) in [5, 5.41) is 1.59. The normalized spacial score (nSPS) is 11.7. The van der Waals surface area contributed by atoms with Crippen LogP contribution in [0.4, 0.5) is 0 Å². The van der Waals surface area contributed by atoms with Crippen molar-refractivity contribution in [2.75, 3.05) is 14.2 Å². The molecule has 0 saturated carbocycles. The van der Waals surface area contributed by atoms with Gasteiger partial charge in [-0.25, -0.2) is 9.59 Å². The number of ether oxygens (including phenoxy) is 2. The van der Waals surface area contributed by atoms with Crippen LogP contribution in [0, 0.1) is 13.8 Å². The third kappa shape index (κ3) is 2.98. The lowest BCUT2D eigenvalue weighted by Gasteiger charge is -2.15. The van der Waals surface area contributed by atoms with Gasteiger partial charge < -0.3 is 9.47 Å². The van der Waals surface area contributed by atoms with Crippen LogP contribution in [0.2, 0.25) is 0 Å². The van der Waals surface area contributed by atoms with E-state index in [4.69, 9.17) is 9.47 Å². The molecular formula is C23H17NO6S. The zero-order chi connectivity index (χ0) is 22.4. The fourth-order valence-corrected chi connectivity index (χ4v) is 4.92. The van der Waals surface area contributed by atoms with E-state index in [0.717, 1.165) is 0 Å². The molecule has 4 rings (SSSR count). The highest BCUT2D eigenvalue weighted by atomic mass is 32.1. The number of nitrogens with zero attached hydrogens (tertiary/aromatic N) is 1. The van der Waals surface area contributed by atoms with Crippen LogP contribution in [-0.2, 0) is 9.47 Å². The average Bonchev–Trinajstić information content (AvgIpc) is 3.06. The second kappa shape index (κ2) is 7.55. The smallest absolute Gasteiger partial charge is 0.340 e. The summed E-state index contributed by atoms with van der Waals surface area (Å²) in [5.74, 6) is -1.75. The maximum Gasteiger partial charge on any atom is 0.340 e. The number of aromatic nitrogens is 1. The molecule has 2 heterocycles. The van der Waals surface area contributed by atoms with E-state index in [1.165, 1.54) is 25.6 Å². The lowest BCUT2D eigenvalue weighted by Crippen LogP contribution is -2.20. The van der Waals surface area contributed by atoms with E-state index in [9.17, 15) is 19.2 Å². The van der Waals surface area contributed by atoms with Gasteiger partial charge in [0.25, 0.3) is 0 Å². The predicted molar refractivity (Wildman–Crippen MR) is 115 cm³/mol. The molecule has 8 heteroatoms. The summed E-state index contributed by atoms with van der Waals surface area (Å²) < 4.78 is 9.71. The minimum Gasteiger partial charge on any atom is -0.465 e. The van der Waals surface area contributed by atoms with Crippen LogP contribution in [0.1, 0.15) is 47.9 Å². The second-order valence-electron chi connectivity index (χ2n) is 6.96. The zero-order valence-electron chi connectivity index (χ0n) is 17.2. The van der Waals surface area contributed by atoms with Gasteiger partial charge in [-0.05, 0) is 19.4 Å². The molecule has 31 heavy (non-hydrogen) atoms. The van der Waals surface area contributed by atoms with Crippen LogP contribution in [0.15, 0.2) is 34.4 Å². The molecule has 0 fully saturated rings. The van der Waals surface area contributed by atoms with E-state index in [1.807, 2.05) is 6.07 Å². The van der Waals surface area contributed by atoms with Gasteiger partial charge in [0.2, 0.25) is 5.43 Å². The molecule has 0 radical (unpaired) electrons. The average molecular weight is 435 g/mol. The minimum absolute atomic E-state index is 0.0132. The predicted octanol–water partition coefficient (Wildman–Crippen LogP) is 3.57. The molecule has 0 N–H and O–H groups in total. The number of esters is 2. The van der Waals surface area contributed by atoms with E-state index in [1.54, 1.807) is 37.4 Å². The summed E-state index contributed by atoms with van der Waals surface area (Å²) in [6.45, 7) is 3.16. The summed E-state index contributed by atoms with van der Waals surface area (Å²) in [7, 11) is 2.43. The van der Waals surface area contributed by atoms with Crippen molar-refractivity contribution >= 4 is 29.1 Å². The van der Waals surface area contributed by atoms with Crippen LogP contribution >= 0.6 is 11.3 Å². The van der Waals surface area contributed by atoms with Gasteiger partial charge in [0.15, 0.2) is 5.78 Å². The lowest BCUT2D eigenvalue weighted by molar-refractivity contribution is 0.0596. The molecule has 0 aliphatic heterocycles. The van der Waals surface area contributed by atoms with Gasteiger partial charge in [0.1, 0.15) is 0 Å². The summed E-state index contributed by atoms with van der Waals surface area (Å²) in [4.78, 5) is 56.2. The Morgan fingerprint density at radius 2 is 1.52 bits per heavy atom. The molecule has 0 spiro atoms. The number of benzene rings is 1. The van der Waals surface area contributed by atoms with Crippen molar-refractivity contribution in [1.29, 1.82) is 0 Å². The summed E-state index contributed by atoms with van der Waals surface area (Å²) in [6.07, 6.45) is 0. The number of pyridine rings is 1. The van der Waals surface area contributed by atoms with Crippen LogP contribution < -0.4 is 5.43 Å². The van der Waals surface area contributed by atoms with Crippen molar-refractivity contribution < 1.29 is 23.9 Å². The van der Waals surface area contributed by atoms with Gasteiger partial charge in [-0.3, -0.25) is 14.6 Å². The summed E-state index contributed by atoms with van der Waals surface area (Å²) in [5.41, 5.74) is 1.62. The molecule has 0 bridgehead atoms. The van der Waals surface area contributed by atoms with Gasteiger partial charge in [-0.15, -0.1) is 11.3 Å². The quantitative estimate of drug-likeness (QED) is 0.454. The first-order chi connectivity index (χ1) is 14.8. The maximum absolute atomic E-state index is 13.4. The molecule has 1 aliphatic rings. The SMILES string of the molecule is COC(=O)c1c(C)nc(-c2csc3c(c2=O)C(=O)c2ccccc2-3)c(C(=O)OC)c1C. The van der Waals surface area contributed by atoms with Crippen LogP contribution in [-0.4, -0.2) is 36.9 Å². The molecule has 1 aromatic carbocycles. The maximum atomic E-state index is 13.4. The monoisotopic (exact) mass is 435 g/mol. The number of ketones is 1. The van der Waals surface area contributed by atoms with E-state index >= 15 is 0 Å². The van der Waals surface area contributed by atoms with Crippen LogP contribution in [0.25, 0.3) is 21.7 Å². The number of rotatable bonds is 3. The number of hydrogen-bond donors (Lipinski definition) is 0. The molecular weight excluding hydrogens is 418 g/mol. The van der Waals surface area contributed by atoms with Gasteiger partial charge in [0, 0.05) is 16.5 Å². The summed E-state index contributed by atoms with van der Waals surface area (Å²) >= 11 is 1.23. The summed E-state index contributed by atoms with van der Waals surface area (Å²) in [6, 6.07) is 7.03. The Labute approximate surface area is 181 Å². The highest BCUT2D eigenvalue weighted by molar-refractivity contribution is 7.14. The standard InChI is InChI=1S/C23H17NO6S/c1-10-15(22(27)29-3)11(2)24-18(16(10)23(28)30-4)14-9-31-21-13-8-6-5-7-12(13)19(25)17(21)20(14)26/h5-9H,1-4H3. The first kappa shape index (κ1) is 20.6. The molecule has 0 unspecified atom stereocenters. The molecule has 2 aromatic heterocycles. The molecule has 0 saturated heterocycles. The fourth-order valence-electron chi connectivity index (χ4n) is 3.85. The van der Waals surface area contributed by atoms with E-state index in [0.29, 0.717) is 27.3 Å². The topological polar surface area (TPSA) is 99.6 Å².